The molecule has 0 aliphatic carbocycles. The first-order chi connectivity index (χ1) is 7.47. The Morgan fingerprint density at radius 1 is 1.44 bits per heavy atom. The van der Waals surface area contributed by atoms with Crippen LogP contribution >= 0.6 is 0 Å². The third-order valence-electron chi connectivity index (χ3n) is 3.90. The summed E-state index contributed by atoms with van der Waals surface area (Å²) in [5, 5.41) is 3.64. The van der Waals surface area contributed by atoms with Crippen molar-refractivity contribution in [2.24, 2.45) is 0 Å². The van der Waals surface area contributed by atoms with Crippen LogP contribution in [0.25, 0.3) is 0 Å². The molecule has 3 heteroatoms. The predicted molar refractivity (Wildman–Crippen MR) is 70.9 cm³/mol. The molecule has 0 amide bonds. The molecule has 1 aliphatic heterocycles. The molecule has 3 nitrogen and oxygen atoms in total. The molecule has 2 atom stereocenters. The highest BCUT2D eigenvalue weighted by Gasteiger charge is 2.30. The average molecular weight is 227 g/mol. The Balaban J connectivity index is 2.40. The summed E-state index contributed by atoms with van der Waals surface area (Å²) in [6, 6.07) is 0.704. The third-order valence-corrected chi connectivity index (χ3v) is 3.90. The third kappa shape index (κ3) is 4.04. The first-order valence-electron chi connectivity index (χ1n) is 6.60. The minimum atomic E-state index is 0.324. The Kier molecular flexibility index (Phi) is 5.22. The van der Waals surface area contributed by atoms with Crippen molar-refractivity contribution in [2.45, 2.75) is 45.2 Å². The Morgan fingerprint density at radius 2 is 2.12 bits per heavy atom. The Hall–Kier alpha value is -0.120. The molecule has 16 heavy (non-hydrogen) atoms. The van der Waals surface area contributed by atoms with Gasteiger partial charge in [0.05, 0.1) is 0 Å². The first-order valence-corrected chi connectivity index (χ1v) is 6.60. The summed E-state index contributed by atoms with van der Waals surface area (Å²) < 4.78 is 0. The van der Waals surface area contributed by atoms with Gasteiger partial charge < -0.3 is 10.2 Å². The van der Waals surface area contributed by atoms with Crippen molar-refractivity contribution >= 4 is 0 Å². The van der Waals surface area contributed by atoms with Crippen LogP contribution in [0.4, 0.5) is 0 Å². The summed E-state index contributed by atoms with van der Waals surface area (Å²) in [5.41, 5.74) is 0.324. The van der Waals surface area contributed by atoms with E-state index in [1.54, 1.807) is 0 Å². The normalized spacial score (nSPS) is 29.6. The van der Waals surface area contributed by atoms with Crippen molar-refractivity contribution in [3.05, 3.63) is 0 Å². The molecule has 1 rings (SSSR count). The molecular weight excluding hydrogens is 198 g/mol. The summed E-state index contributed by atoms with van der Waals surface area (Å²) >= 11 is 0. The highest BCUT2D eigenvalue weighted by molar-refractivity contribution is 4.91. The van der Waals surface area contributed by atoms with E-state index in [9.17, 15) is 0 Å². The molecule has 0 saturated carbocycles. The van der Waals surface area contributed by atoms with Crippen LogP contribution in [0.5, 0.6) is 0 Å². The maximum Gasteiger partial charge on any atom is 0.0278 e. The van der Waals surface area contributed by atoms with Crippen molar-refractivity contribution in [1.82, 2.24) is 15.1 Å². The summed E-state index contributed by atoms with van der Waals surface area (Å²) in [6.45, 7) is 11.7. The zero-order valence-electron chi connectivity index (χ0n) is 11.7. The molecule has 1 N–H and O–H groups in total. The molecule has 0 aromatic carbocycles. The van der Waals surface area contributed by atoms with Crippen molar-refractivity contribution in [3.63, 3.8) is 0 Å². The molecule has 0 aromatic heterocycles. The fourth-order valence-corrected chi connectivity index (χ4v) is 2.33. The molecule has 1 heterocycles. The van der Waals surface area contributed by atoms with Gasteiger partial charge in [0.2, 0.25) is 0 Å². The lowest BCUT2D eigenvalue weighted by atomic mass is 9.94. The molecule has 96 valence electrons. The molecule has 0 bridgehead atoms. The van der Waals surface area contributed by atoms with Crippen molar-refractivity contribution in [1.29, 1.82) is 0 Å². The van der Waals surface area contributed by atoms with Gasteiger partial charge in [-0.25, -0.2) is 0 Å². The van der Waals surface area contributed by atoms with E-state index in [2.05, 4.69) is 50.0 Å². The number of hydrogen-bond donors (Lipinski definition) is 1. The zero-order chi connectivity index (χ0) is 12.2. The molecule has 1 fully saturated rings. The number of nitrogens with one attached hydrogen (secondary N) is 1. The number of nitrogens with zero attached hydrogens (tertiary/aromatic N) is 2. The molecule has 0 aromatic rings. The highest BCUT2D eigenvalue weighted by Crippen LogP contribution is 2.18. The Labute approximate surface area is 101 Å². The summed E-state index contributed by atoms with van der Waals surface area (Å²) in [6.07, 6.45) is 2.48. The fourth-order valence-electron chi connectivity index (χ4n) is 2.33. The van der Waals surface area contributed by atoms with Gasteiger partial charge in [0, 0.05) is 31.2 Å². The van der Waals surface area contributed by atoms with Crippen LogP contribution in [-0.2, 0) is 0 Å². The minimum Gasteiger partial charge on any atom is -0.309 e. The standard InChI is InChI=1S/C13H29N3/c1-6-13(3)11-16(10-8-14-13)12(2)7-9-15(4)5/h12,14H,6-11H2,1-5H3. The van der Waals surface area contributed by atoms with E-state index < -0.39 is 0 Å². The second-order valence-electron chi connectivity index (χ2n) is 5.75. The number of hydrogen-bond acceptors (Lipinski definition) is 3. The summed E-state index contributed by atoms with van der Waals surface area (Å²) in [5.74, 6) is 0. The van der Waals surface area contributed by atoms with Gasteiger partial charge in [0.15, 0.2) is 0 Å². The van der Waals surface area contributed by atoms with E-state index in [0.29, 0.717) is 11.6 Å². The minimum absolute atomic E-state index is 0.324. The highest BCUT2D eigenvalue weighted by atomic mass is 15.2. The van der Waals surface area contributed by atoms with E-state index in [1.165, 1.54) is 32.5 Å². The largest absolute Gasteiger partial charge is 0.309 e. The average Bonchev–Trinajstić information content (AvgIpc) is 2.26. The van der Waals surface area contributed by atoms with Crippen LogP contribution in [0.1, 0.15) is 33.6 Å². The second-order valence-corrected chi connectivity index (χ2v) is 5.75. The monoisotopic (exact) mass is 227 g/mol. The smallest absolute Gasteiger partial charge is 0.0278 e. The van der Waals surface area contributed by atoms with Crippen LogP contribution in [0, 0.1) is 0 Å². The predicted octanol–water partition coefficient (Wildman–Crippen LogP) is 1.40. The fraction of sp³-hybridized carbons (Fsp3) is 1.00. The molecule has 0 radical (unpaired) electrons. The van der Waals surface area contributed by atoms with Crippen LogP contribution in [0.2, 0.25) is 0 Å². The van der Waals surface area contributed by atoms with E-state index in [-0.39, 0.29) is 0 Å². The van der Waals surface area contributed by atoms with Gasteiger partial charge in [-0.05, 0) is 47.3 Å². The molecule has 1 aliphatic rings. The quantitative estimate of drug-likeness (QED) is 0.766. The Morgan fingerprint density at radius 3 is 2.69 bits per heavy atom. The number of rotatable bonds is 5. The van der Waals surface area contributed by atoms with E-state index in [0.717, 1.165) is 6.54 Å². The lowest BCUT2D eigenvalue weighted by molar-refractivity contribution is 0.0970. The van der Waals surface area contributed by atoms with Gasteiger partial charge in [0.1, 0.15) is 0 Å². The van der Waals surface area contributed by atoms with Gasteiger partial charge in [-0.2, -0.15) is 0 Å². The van der Waals surface area contributed by atoms with Crippen LogP contribution < -0.4 is 5.32 Å². The maximum absolute atomic E-state index is 3.64. The molecule has 0 spiro atoms. The maximum atomic E-state index is 3.64. The number of piperazine rings is 1. The van der Waals surface area contributed by atoms with Gasteiger partial charge in [-0.15, -0.1) is 0 Å². The molecular formula is C13H29N3. The first kappa shape index (κ1) is 13.9. The van der Waals surface area contributed by atoms with Crippen LogP contribution in [-0.4, -0.2) is 61.7 Å². The summed E-state index contributed by atoms with van der Waals surface area (Å²) in [7, 11) is 4.31. The topological polar surface area (TPSA) is 18.5 Å². The van der Waals surface area contributed by atoms with Crippen molar-refractivity contribution < 1.29 is 0 Å². The lowest BCUT2D eigenvalue weighted by Crippen LogP contribution is -2.60. The van der Waals surface area contributed by atoms with Crippen molar-refractivity contribution in [2.75, 3.05) is 40.3 Å². The summed E-state index contributed by atoms with van der Waals surface area (Å²) in [4.78, 5) is 4.92. The van der Waals surface area contributed by atoms with Crippen LogP contribution in [0.3, 0.4) is 0 Å². The van der Waals surface area contributed by atoms with E-state index in [4.69, 9.17) is 0 Å². The molecule has 1 saturated heterocycles. The van der Waals surface area contributed by atoms with Crippen LogP contribution in [0.15, 0.2) is 0 Å². The molecule has 2 unspecified atom stereocenters. The SMILES string of the molecule is CCC1(C)CN(C(C)CCN(C)C)CCN1. The van der Waals surface area contributed by atoms with Gasteiger partial charge >= 0.3 is 0 Å². The van der Waals surface area contributed by atoms with E-state index in [1.807, 2.05) is 0 Å². The van der Waals surface area contributed by atoms with Crippen molar-refractivity contribution in [3.8, 4) is 0 Å². The van der Waals surface area contributed by atoms with Gasteiger partial charge in [-0.3, -0.25) is 4.90 Å². The Bertz CT molecular complexity index is 205. The van der Waals surface area contributed by atoms with E-state index >= 15 is 0 Å². The second kappa shape index (κ2) is 5.99. The van der Waals surface area contributed by atoms with Gasteiger partial charge in [-0.1, -0.05) is 6.92 Å². The van der Waals surface area contributed by atoms with Gasteiger partial charge in [0.25, 0.3) is 0 Å². The lowest BCUT2D eigenvalue weighted by Gasteiger charge is -2.44. The zero-order valence-corrected chi connectivity index (χ0v) is 11.7.